The Kier molecular flexibility index (Phi) is 5.68. The molecule has 6 nitrogen and oxygen atoms in total. The molecule has 2 saturated heterocycles. The summed E-state index contributed by atoms with van der Waals surface area (Å²) >= 11 is 0. The topological polar surface area (TPSA) is 80.2 Å². The Bertz CT molecular complexity index is 837. The molecule has 2 aliphatic rings. The number of nitriles is 1. The average molecular weight is 375 g/mol. The fourth-order valence-corrected chi connectivity index (χ4v) is 4.00. The quantitative estimate of drug-likeness (QED) is 0.764. The Morgan fingerprint density at radius 1 is 1.04 bits per heavy atom. The first-order chi connectivity index (χ1) is 13.7. The van der Waals surface area contributed by atoms with Gasteiger partial charge in [-0.05, 0) is 49.1 Å². The number of likely N-dealkylation sites (tertiary alicyclic amines) is 1. The molecule has 0 bridgehead atoms. The van der Waals surface area contributed by atoms with E-state index in [9.17, 15) is 4.79 Å². The standard InChI is InChI=1S/C22H25N5O/c23-15-16-6-8-18(9-7-16)22(28)24-19-10-12-27(13-11-19)21-14-20(25-26-21)17-4-2-1-3-5-17/h1-9,19-21,25-26H,10-14H2,(H,24,28). The number of rotatable bonds is 4. The molecule has 2 aromatic carbocycles. The zero-order valence-electron chi connectivity index (χ0n) is 15.8. The van der Waals surface area contributed by atoms with Gasteiger partial charge in [0.1, 0.15) is 0 Å². The summed E-state index contributed by atoms with van der Waals surface area (Å²) in [6, 6.07) is 19.9. The van der Waals surface area contributed by atoms with Crippen molar-refractivity contribution >= 4 is 5.91 Å². The van der Waals surface area contributed by atoms with Gasteiger partial charge in [0.2, 0.25) is 0 Å². The van der Waals surface area contributed by atoms with E-state index < -0.39 is 0 Å². The van der Waals surface area contributed by atoms with E-state index in [1.807, 2.05) is 6.07 Å². The molecule has 0 aromatic heterocycles. The molecule has 2 aliphatic heterocycles. The highest BCUT2D eigenvalue weighted by molar-refractivity contribution is 5.94. The smallest absolute Gasteiger partial charge is 0.251 e. The molecule has 0 spiro atoms. The van der Waals surface area contributed by atoms with Crippen molar-refractivity contribution < 1.29 is 4.79 Å². The van der Waals surface area contributed by atoms with Crippen molar-refractivity contribution in [3.63, 3.8) is 0 Å². The van der Waals surface area contributed by atoms with Gasteiger partial charge in [0.25, 0.3) is 5.91 Å². The van der Waals surface area contributed by atoms with E-state index in [0.29, 0.717) is 23.3 Å². The molecule has 144 valence electrons. The van der Waals surface area contributed by atoms with Gasteiger partial charge in [0, 0.05) is 30.7 Å². The molecule has 6 heteroatoms. The maximum atomic E-state index is 12.4. The Morgan fingerprint density at radius 2 is 1.75 bits per heavy atom. The van der Waals surface area contributed by atoms with Gasteiger partial charge in [-0.1, -0.05) is 30.3 Å². The number of carbonyl (C=O) groups excluding carboxylic acids is 1. The number of hydrazine groups is 1. The van der Waals surface area contributed by atoms with Crippen LogP contribution in [0.2, 0.25) is 0 Å². The van der Waals surface area contributed by atoms with E-state index >= 15 is 0 Å². The lowest BCUT2D eigenvalue weighted by atomic mass is 10.0. The molecule has 28 heavy (non-hydrogen) atoms. The van der Waals surface area contributed by atoms with Gasteiger partial charge >= 0.3 is 0 Å². The molecule has 0 saturated carbocycles. The third-order valence-corrected chi connectivity index (χ3v) is 5.67. The van der Waals surface area contributed by atoms with Gasteiger partial charge in [-0.15, -0.1) is 0 Å². The van der Waals surface area contributed by atoms with Gasteiger partial charge < -0.3 is 5.32 Å². The van der Waals surface area contributed by atoms with Crippen LogP contribution in [0.3, 0.4) is 0 Å². The molecule has 3 N–H and O–H groups in total. The Labute approximate surface area is 165 Å². The summed E-state index contributed by atoms with van der Waals surface area (Å²) < 4.78 is 0. The minimum Gasteiger partial charge on any atom is -0.349 e. The van der Waals surface area contributed by atoms with E-state index in [4.69, 9.17) is 5.26 Å². The molecule has 4 rings (SSSR count). The summed E-state index contributed by atoms with van der Waals surface area (Å²) in [5.74, 6) is -0.0623. The van der Waals surface area contributed by atoms with Crippen molar-refractivity contribution in [1.82, 2.24) is 21.1 Å². The number of hydrogen-bond donors (Lipinski definition) is 3. The van der Waals surface area contributed by atoms with Gasteiger partial charge in [0.15, 0.2) is 0 Å². The van der Waals surface area contributed by atoms with Crippen molar-refractivity contribution in [3.05, 3.63) is 71.3 Å². The normalized spacial score (nSPS) is 23.2. The second-order valence-corrected chi connectivity index (χ2v) is 7.48. The summed E-state index contributed by atoms with van der Waals surface area (Å²) in [7, 11) is 0. The van der Waals surface area contributed by atoms with Crippen LogP contribution in [0.15, 0.2) is 54.6 Å². The number of benzene rings is 2. The van der Waals surface area contributed by atoms with Crippen LogP contribution in [-0.2, 0) is 0 Å². The van der Waals surface area contributed by atoms with Crippen LogP contribution < -0.4 is 16.2 Å². The Hall–Kier alpha value is -2.72. The molecule has 2 atom stereocenters. The minimum absolute atomic E-state index is 0.0623. The monoisotopic (exact) mass is 375 g/mol. The lowest BCUT2D eigenvalue weighted by Gasteiger charge is -2.35. The number of nitrogens with one attached hydrogen (secondary N) is 3. The highest BCUT2D eigenvalue weighted by Crippen LogP contribution is 2.25. The predicted molar refractivity (Wildman–Crippen MR) is 107 cm³/mol. The first kappa shape index (κ1) is 18.6. The van der Waals surface area contributed by atoms with Crippen LogP contribution in [0.1, 0.15) is 46.8 Å². The average Bonchev–Trinajstić information content (AvgIpc) is 3.25. The van der Waals surface area contributed by atoms with Crippen molar-refractivity contribution in [2.75, 3.05) is 13.1 Å². The van der Waals surface area contributed by atoms with Crippen LogP contribution in [-0.4, -0.2) is 36.1 Å². The summed E-state index contributed by atoms with van der Waals surface area (Å²) in [6.07, 6.45) is 3.24. The molecule has 2 unspecified atom stereocenters. The molecule has 1 amide bonds. The SMILES string of the molecule is N#Cc1ccc(C(=O)NC2CCN(C3CC(c4ccccc4)NN3)CC2)cc1. The number of hydrogen-bond acceptors (Lipinski definition) is 5. The summed E-state index contributed by atoms with van der Waals surface area (Å²) in [5, 5.41) is 12.0. The van der Waals surface area contributed by atoms with E-state index in [-0.39, 0.29) is 11.9 Å². The van der Waals surface area contributed by atoms with Crippen LogP contribution in [0, 0.1) is 11.3 Å². The van der Waals surface area contributed by atoms with Gasteiger partial charge in [-0.25, -0.2) is 10.9 Å². The van der Waals surface area contributed by atoms with E-state index in [2.05, 4.69) is 51.4 Å². The second kappa shape index (κ2) is 8.53. The van der Waals surface area contributed by atoms with Crippen molar-refractivity contribution in [2.24, 2.45) is 0 Å². The molecule has 0 radical (unpaired) electrons. The number of carbonyl (C=O) groups is 1. The fourth-order valence-electron chi connectivity index (χ4n) is 4.00. The maximum absolute atomic E-state index is 12.4. The van der Waals surface area contributed by atoms with Crippen LogP contribution in [0.25, 0.3) is 0 Å². The number of piperidine rings is 1. The third-order valence-electron chi connectivity index (χ3n) is 5.67. The van der Waals surface area contributed by atoms with Gasteiger partial charge in [0.05, 0.1) is 17.8 Å². The lowest BCUT2D eigenvalue weighted by Crippen LogP contribution is -2.51. The summed E-state index contributed by atoms with van der Waals surface area (Å²) in [6.45, 7) is 1.92. The number of amides is 1. The first-order valence-electron chi connectivity index (χ1n) is 9.84. The van der Waals surface area contributed by atoms with Crippen LogP contribution in [0.4, 0.5) is 0 Å². The molecule has 2 fully saturated rings. The van der Waals surface area contributed by atoms with E-state index in [1.165, 1.54) is 5.56 Å². The summed E-state index contributed by atoms with van der Waals surface area (Å²) in [5.41, 5.74) is 9.32. The van der Waals surface area contributed by atoms with E-state index in [1.54, 1.807) is 24.3 Å². The molecular formula is C22H25N5O. The zero-order chi connectivity index (χ0) is 19.3. The second-order valence-electron chi connectivity index (χ2n) is 7.48. The highest BCUT2D eigenvalue weighted by atomic mass is 16.1. The van der Waals surface area contributed by atoms with E-state index in [0.717, 1.165) is 32.4 Å². The van der Waals surface area contributed by atoms with Crippen LogP contribution in [0.5, 0.6) is 0 Å². The largest absolute Gasteiger partial charge is 0.349 e. The molecular weight excluding hydrogens is 350 g/mol. The number of nitrogens with zero attached hydrogens (tertiary/aromatic N) is 2. The minimum atomic E-state index is -0.0623. The maximum Gasteiger partial charge on any atom is 0.251 e. The fraction of sp³-hybridized carbons (Fsp3) is 0.364. The molecule has 2 aromatic rings. The summed E-state index contributed by atoms with van der Waals surface area (Å²) in [4.78, 5) is 14.9. The first-order valence-corrected chi connectivity index (χ1v) is 9.84. The van der Waals surface area contributed by atoms with Crippen molar-refractivity contribution in [3.8, 4) is 6.07 Å². The molecule has 0 aliphatic carbocycles. The predicted octanol–water partition coefficient (Wildman–Crippen LogP) is 2.32. The third kappa shape index (κ3) is 4.23. The highest BCUT2D eigenvalue weighted by Gasteiger charge is 2.32. The molecule has 2 heterocycles. The lowest BCUT2D eigenvalue weighted by molar-refractivity contribution is 0.0880. The van der Waals surface area contributed by atoms with Crippen LogP contribution >= 0.6 is 0 Å². The zero-order valence-corrected chi connectivity index (χ0v) is 15.8. The Balaban J connectivity index is 1.25. The van der Waals surface area contributed by atoms with Gasteiger partial charge in [-0.3, -0.25) is 9.69 Å². The van der Waals surface area contributed by atoms with Crippen molar-refractivity contribution in [2.45, 2.75) is 37.5 Å². The van der Waals surface area contributed by atoms with Crippen molar-refractivity contribution in [1.29, 1.82) is 5.26 Å². The van der Waals surface area contributed by atoms with Gasteiger partial charge in [-0.2, -0.15) is 5.26 Å². The Morgan fingerprint density at radius 3 is 2.43 bits per heavy atom.